The van der Waals surface area contributed by atoms with E-state index < -0.39 is 11.4 Å². The first-order valence-electron chi connectivity index (χ1n) is 6.74. The van der Waals surface area contributed by atoms with Crippen molar-refractivity contribution in [3.05, 3.63) is 23.8 Å². The predicted molar refractivity (Wildman–Crippen MR) is 75.5 cm³/mol. The molecule has 114 valence electrons. The van der Waals surface area contributed by atoms with E-state index in [9.17, 15) is 9.59 Å². The lowest BCUT2D eigenvalue weighted by molar-refractivity contribution is -0.143. The molecular weight excluding hydrogens is 274 g/mol. The highest BCUT2D eigenvalue weighted by Crippen LogP contribution is 2.45. The Hall–Kier alpha value is -2.24. The Morgan fingerprint density at radius 1 is 1.38 bits per heavy atom. The van der Waals surface area contributed by atoms with Crippen LogP contribution in [0.3, 0.4) is 0 Å². The summed E-state index contributed by atoms with van der Waals surface area (Å²) < 4.78 is 10.5. The highest BCUT2D eigenvalue weighted by atomic mass is 16.5. The molecule has 0 atom stereocenters. The number of amides is 1. The van der Waals surface area contributed by atoms with Crippen molar-refractivity contribution in [3.8, 4) is 11.5 Å². The number of methoxy groups -OCH3 is 1. The average molecular weight is 293 g/mol. The molecule has 0 spiro atoms. The van der Waals surface area contributed by atoms with E-state index >= 15 is 0 Å². The van der Waals surface area contributed by atoms with E-state index in [0.717, 1.165) is 11.3 Å². The molecule has 6 heteroatoms. The summed E-state index contributed by atoms with van der Waals surface area (Å²) in [7, 11) is 1.59. The second-order valence-corrected chi connectivity index (χ2v) is 5.28. The Morgan fingerprint density at radius 3 is 2.62 bits per heavy atom. The largest absolute Gasteiger partial charge is 0.496 e. The van der Waals surface area contributed by atoms with Crippen LogP contribution in [0.5, 0.6) is 11.5 Å². The van der Waals surface area contributed by atoms with Gasteiger partial charge in [0.2, 0.25) is 0 Å². The fourth-order valence-corrected chi connectivity index (χ4v) is 2.03. The maximum atomic E-state index is 11.7. The second-order valence-electron chi connectivity index (χ2n) is 5.28. The van der Waals surface area contributed by atoms with Crippen LogP contribution in [0.4, 0.5) is 0 Å². The highest BCUT2D eigenvalue weighted by Gasteiger charge is 2.50. The zero-order valence-corrected chi connectivity index (χ0v) is 12.1. The maximum absolute atomic E-state index is 11.7. The van der Waals surface area contributed by atoms with Gasteiger partial charge in [-0.3, -0.25) is 9.59 Å². The van der Waals surface area contributed by atoms with E-state index in [2.05, 4.69) is 5.32 Å². The lowest BCUT2D eigenvalue weighted by atomic mass is 10.1. The first-order valence-corrected chi connectivity index (χ1v) is 6.74. The first kappa shape index (κ1) is 15.2. The zero-order chi connectivity index (χ0) is 15.5. The third kappa shape index (κ3) is 3.65. The van der Waals surface area contributed by atoms with Crippen LogP contribution >= 0.6 is 0 Å². The van der Waals surface area contributed by atoms with E-state index in [1.165, 1.54) is 0 Å². The van der Waals surface area contributed by atoms with Crippen LogP contribution in [0.2, 0.25) is 0 Å². The van der Waals surface area contributed by atoms with Gasteiger partial charge in [-0.25, -0.2) is 0 Å². The number of ether oxygens (including phenoxy) is 2. The molecule has 1 amide bonds. The number of rotatable bonds is 7. The van der Waals surface area contributed by atoms with E-state index in [1.54, 1.807) is 25.3 Å². The minimum absolute atomic E-state index is 0.137. The van der Waals surface area contributed by atoms with Crippen LogP contribution in [-0.2, 0) is 9.59 Å². The van der Waals surface area contributed by atoms with Gasteiger partial charge in [-0.15, -0.1) is 0 Å². The summed E-state index contributed by atoms with van der Waals surface area (Å²) in [5.41, 5.74) is 0.157. The lowest BCUT2D eigenvalue weighted by Gasteiger charge is -2.12. The van der Waals surface area contributed by atoms with Crippen molar-refractivity contribution in [1.82, 2.24) is 5.32 Å². The topological polar surface area (TPSA) is 84.9 Å². The summed E-state index contributed by atoms with van der Waals surface area (Å²) in [6.45, 7) is 1.91. The van der Waals surface area contributed by atoms with Crippen molar-refractivity contribution >= 4 is 11.9 Å². The molecule has 1 aliphatic carbocycles. The summed E-state index contributed by atoms with van der Waals surface area (Å²) in [6, 6.07) is 5.27. The van der Waals surface area contributed by atoms with Gasteiger partial charge >= 0.3 is 5.97 Å². The van der Waals surface area contributed by atoms with Crippen molar-refractivity contribution in [2.75, 3.05) is 20.3 Å². The molecule has 1 aromatic rings. The monoisotopic (exact) mass is 293 g/mol. The maximum Gasteiger partial charge on any atom is 0.311 e. The summed E-state index contributed by atoms with van der Waals surface area (Å²) in [5, 5.41) is 11.6. The number of nitrogens with one attached hydrogen (secondary N) is 1. The van der Waals surface area contributed by atoms with E-state index in [0.29, 0.717) is 18.6 Å². The molecule has 21 heavy (non-hydrogen) atoms. The van der Waals surface area contributed by atoms with Gasteiger partial charge in [-0.05, 0) is 43.5 Å². The SMILES string of the molecule is COc1ccc(OCC(=O)NCC2(C(=O)O)CC2)cc1C. The van der Waals surface area contributed by atoms with E-state index in [-0.39, 0.29) is 19.1 Å². The van der Waals surface area contributed by atoms with Crippen LogP contribution in [0.1, 0.15) is 18.4 Å². The molecule has 1 aromatic carbocycles. The van der Waals surface area contributed by atoms with Crippen LogP contribution in [0.15, 0.2) is 18.2 Å². The number of hydrogen-bond donors (Lipinski definition) is 2. The average Bonchev–Trinajstić information content (AvgIpc) is 3.24. The van der Waals surface area contributed by atoms with Crippen molar-refractivity contribution in [1.29, 1.82) is 0 Å². The number of carbonyl (C=O) groups is 2. The molecular formula is C15H19NO5. The lowest BCUT2D eigenvalue weighted by Crippen LogP contribution is -2.36. The molecule has 2 N–H and O–H groups in total. The fourth-order valence-electron chi connectivity index (χ4n) is 2.03. The normalized spacial score (nSPS) is 15.1. The first-order chi connectivity index (χ1) is 9.97. The molecule has 1 saturated carbocycles. The minimum atomic E-state index is -0.852. The van der Waals surface area contributed by atoms with E-state index in [1.807, 2.05) is 6.92 Å². The van der Waals surface area contributed by atoms with Gasteiger partial charge in [-0.2, -0.15) is 0 Å². The quantitative estimate of drug-likeness (QED) is 0.793. The van der Waals surface area contributed by atoms with Crippen molar-refractivity contribution in [2.45, 2.75) is 19.8 Å². The summed E-state index contributed by atoms with van der Waals surface area (Å²) >= 11 is 0. The van der Waals surface area contributed by atoms with Crippen LogP contribution in [0.25, 0.3) is 0 Å². The van der Waals surface area contributed by atoms with Crippen LogP contribution in [0, 0.1) is 12.3 Å². The summed E-state index contributed by atoms with van der Waals surface area (Å²) in [4.78, 5) is 22.6. The molecule has 0 unspecified atom stereocenters. The molecule has 1 fully saturated rings. The van der Waals surface area contributed by atoms with Crippen molar-refractivity contribution < 1.29 is 24.2 Å². The zero-order valence-electron chi connectivity index (χ0n) is 12.1. The Kier molecular flexibility index (Phi) is 4.35. The molecule has 0 aliphatic heterocycles. The van der Waals surface area contributed by atoms with Gasteiger partial charge < -0.3 is 19.9 Å². The molecule has 2 rings (SSSR count). The number of carboxylic acids is 1. The van der Waals surface area contributed by atoms with Crippen LogP contribution in [-0.4, -0.2) is 37.2 Å². The molecule has 1 aliphatic rings. The third-order valence-corrected chi connectivity index (χ3v) is 3.67. The molecule has 0 radical (unpaired) electrons. The Bertz CT molecular complexity index is 551. The van der Waals surface area contributed by atoms with Crippen molar-refractivity contribution in [2.24, 2.45) is 5.41 Å². The van der Waals surface area contributed by atoms with E-state index in [4.69, 9.17) is 14.6 Å². The Labute approximate surface area is 123 Å². The van der Waals surface area contributed by atoms with Gasteiger partial charge in [0.15, 0.2) is 6.61 Å². The number of aliphatic carboxylic acids is 1. The Balaban J connectivity index is 1.79. The van der Waals surface area contributed by atoms with Gasteiger partial charge in [0.25, 0.3) is 5.91 Å². The second kappa shape index (κ2) is 6.03. The number of carbonyl (C=O) groups excluding carboxylic acids is 1. The van der Waals surface area contributed by atoms with Gasteiger partial charge in [-0.1, -0.05) is 0 Å². The van der Waals surface area contributed by atoms with Crippen molar-refractivity contribution in [3.63, 3.8) is 0 Å². The standard InChI is InChI=1S/C15H19NO5/c1-10-7-11(3-4-12(10)20-2)21-8-13(17)16-9-15(5-6-15)14(18)19/h3-4,7H,5-6,8-9H2,1-2H3,(H,16,17)(H,18,19). The van der Waals surface area contributed by atoms with Gasteiger partial charge in [0, 0.05) is 6.54 Å². The third-order valence-electron chi connectivity index (χ3n) is 3.67. The number of carboxylic acid groups (broad SMARTS) is 1. The molecule has 0 bridgehead atoms. The summed E-state index contributed by atoms with van der Waals surface area (Å²) in [5.74, 6) is 0.150. The minimum Gasteiger partial charge on any atom is -0.496 e. The predicted octanol–water partition coefficient (Wildman–Crippen LogP) is 1.36. The number of benzene rings is 1. The fraction of sp³-hybridized carbons (Fsp3) is 0.467. The molecule has 0 saturated heterocycles. The molecule has 0 aromatic heterocycles. The highest BCUT2D eigenvalue weighted by molar-refractivity contribution is 5.81. The molecule has 6 nitrogen and oxygen atoms in total. The smallest absolute Gasteiger partial charge is 0.311 e. The number of hydrogen-bond acceptors (Lipinski definition) is 4. The van der Waals surface area contributed by atoms with Gasteiger partial charge in [0.1, 0.15) is 11.5 Å². The molecule has 0 heterocycles. The Morgan fingerprint density at radius 2 is 2.10 bits per heavy atom. The van der Waals surface area contributed by atoms with Crippen LogP contribution < -0.4 is 14.8 Å². The summed E-state index contributed by atoms with van der Waals surface area (Å²) in [6.07, 6.45) is 1.22. The van der Waals surface area contributed by atoms with Gasteiger partial charge in [0.05, 0.1) is 12.5 Å². The number of aryl methyl sites for hydroxylation is 1.